The highest BCUT2D eigenvalue weighted by molar-refractivity contribution is 6.33. The maximum Gasteiger partial charge on any atom is 0.200 e. The highest BCUT2D eigenvalue weighted by atomic mass is 19.1. The van der Waals surface area contributed by atoms with E-state index in [0.717, 1.165) is 18.3 Å². The van der Waals surface area contributed by atoms with Gasteiger partial charge < -0.3 is 15.2 Å². The Morgan fingerprint density at radius 1 is 0.966 bits per heavy atom. The summed E-state index contributed by atoms with van der Waals surface area (Å²) in [5.41, 5.74) is 0.530. The van der Waals surface area contributed by atoms with Crippen molar-refractivity contribution in [3.05, 3.63) is 89.5 Å². The van der Waals surface area contributed by atoms with Crippen molar-refractivity contribution < 1.29 is 23.8 Å². The second-order valence-corrected chi connectivity index (χ2v) is 6.25. The van der Waals surface area contributed by atoms with Gasteiger partial charge in [-0.3, -0.25) is 9.78 Å². The van der Waals surface area contributed by atoms with Crippen molar-refractivity contribution in [3.63, 3.8) is 0 Å². The van der Waals surface area contributed by atoms with E-state index in [1.807, 2.05) is 0 Å². The van der Waals surface area contributed by atoms with E-state index in [9.17, 15) is 23.8 Å². The van der Waals surface area contributed by atoms with Gasteiger partial charge in [-0.1, -0.05) is 12.1 Å². The third-order valence-corrected chi connectivity index (χ3v) is 4.21. The number of carbonyl (C=O) groups is 1. The summed E-state index contributed by atoms with van der Waals surface area (Å²) in [6, 6.07) is 10.5. The molecule has 0 bridgehead atoms. The third-order valence-electron chi connectivity index (χ3n) is 4.21. The molecular formula is C21H13F2N3O3. The maximum atomic E-state index is 13.7. The molecule has 29 heavy (non-hydrogen) atoms. The molecule has 0 aliphatic heterocycles. The lowest BCUT2D eigenvalue weighted by atomic mass is 9.99. The van der Waals surface area contributed by atoms with E-state index < -0.39 is 23.2 Å². The molecule has 8 heteroatoms. The van der Waals surface area contributed by atoms with Gasteiger partial charge in [0.05, 0.1) is 17.2 Å². The molecule has 6 nitrogen and oxygen atoms in total. The molecule has 2 aromatic carbocycles. The fraction of sp³-hybridized carbons (Fsp3) is 0. The largest absolute Gasteiger partial charge is 0.506 e. The van der Waals surface area contributed by atoms with Crippen molar-refractivity contribution in [3.8, 4) is 5.75 Å². The van der Waals surface area contributed by atoms with Gasteiger partial charge in [0.2, 0.25) is 5.78 Å². The lowest BCUT2D eigenvalue weighted by molar-refractivity contribution is 0.105. The number of carbonyl (C=O) groups excluding carboxylic acids is 1. The van der Waals surface area contributed by atoms with Crippen LogP contribution in [0.5, 0.6) is 5.75 Å². The number of Topliss-reactive ketones (excluding diaryl/α,β-unsaturated/α-hetero) is 1. The van der Waals surface area contributed by atoms with Crippen LogP contribution in [0.3, 0.4) is 0 Å². The predicted octanol–water partition coefficient (Wildman–Crippen LogP) is 4.25. The molecule has 0 atom stereocenters. The van der Waals surface area contributed by atoms with Crippen molar-refractivity contribution in [1.29, 1.82) is 0 Å². The van der Waals surface area contributed by atoms with Crippen molar-refractivity contribution in [2.24, 2.45) is 0 Å². The summed E-state index contributed by atoms with van der Waals surface area (Å²) in [4.78, 5) is 24.1. The summed E-state index contributed by atoms with van der Waals surface area (Å²) < 4.78 is 27.3. The van der Waals surface area contributed by atoms with Crippen LogP contribution in [0.1, 0.15) is 21.7 Å². The van der Waals surface area contributed by atoms with Crippen LogP contribution in [0, 0.1) is 11.6 Å². The van der Waals surface area contributed by atoms with Crippen LogP contribution in [-0.4, -0.2) is 30.9 Å². The Hall–Kier alpha value is -4.07. The number of fused-ring (bicyclic) bond motifs is 1. The molecule has 0 unspecified atom stereocenters. The number of aromatic amines is 1. The minimum Gasteiger partial charge on any atom is -0.506 e. The Morgan fingerprint density at radius 3 is 2.38 bits per heavy atom. The number of nitrogens with one attached hydrogen (secondary N) is 1. The van der Waals surface area contributed by atoms with Crippen LogP contribution in [0.25, 0.3) is 22.4 Å². The molecule has 2 aromatic heterocycles. The maximum absolute atomic E-state index is 13.7. The number of hydrogen-bond acceptors (Lipinski definition) is 5. The van der Waals surface area contributed by atoms with Gasteiger partial charge in [0, 0.05) is 23.4 Å². The van der Waals surface area contributed by atoms with Crippen molar-refractivity contribution >= 4 is 28.1 Å². The molecule has 2 heterocycles. The van der Waals surface area contributed by atoms with Gasteiger partial charge in [-0.15, -0.1) is 0 Å². The van der Waals surface area contributed by atoms with E-state index in [1.165, 1.54) is 12.3 Å². The number of aromatic nitrogens is 3. The average Bonchev–Trinajstić information content (AvgIpc) is 3.10. The van der Waals surface area contributed by atoms with E-state index >= 15 is 0 Å². The molecule has 0 amide bonds. The number of aromatic hydroxyl groups is 1. The molecule has 0 radical (unpaired) electrons. The average molecular weight is 393 g/mol. The lowest BCUT2D eigenvalue weighted by Gasteiger charge is -2.09. The van der Waals surface area contributed by atoms with Gasteiger partial charge in [0.15, 0.2) is 0 Å². The van der Waals surface area contributed by atoms with E-state index in [-0.39, 0.29) is 28.3 Å². The number of aliphatic hydroxyl groups is 1. The molecule has 0 spiro atoms. The molecule has 0 saturated carbocycles. The lowest BCUT2D eigenvalue weighted by Crippen LogP contribution is -2.08. The third kappa shape index (κ3) is 3.55. The molecule has 0 saturated heterocycles. The predicted molar refractivity (Wildman–Crippen MR) is 102 cm³/mol. The Balaban J connectivity index is 1.96. The first kappa shape index (κ1) is 18.3. The van der Waals surface area contributed by atoms with Crippen LogP contribution in [-0.2, 0) is 0 Å². The molecule has 0 aliphatic rings. The Bertz CT molecular complexity index is 1230. The zero-order valence-corrected chi connectivity index (χ0v) is 14.7. The fourth-order valence-corrected chi connectivity index (χ4v) is 2.93. The number of nitrogens with zero attached hydrogens (tertiary/aromatic N) is 2. The first-order valence-corrected chi connectivity index (χ1v) is 8.46. The first-order valence-electron chi connectivity index (χ1n) is 8.46. The number of rotatable bonds is 4. The van der Waals surface area contributed by atoms with Gasteiger partial charge in [0.1, 0.15) is 34.5 Å². The SMILES string of the molecule is O=C(/C(=C(/O)c1cncc(O)c1)c1nc2ccccc2[nH]1)c1cc(F)cc(F)c1. The number of halogens is 2. The summed E-state index contributed by atoms with van der Waals surface area (Å²) in [5.74, 6) is -3.51. The summed E-state index contributed by atoms with van der Waals surface area (Å²) >= 11 is 0. The van der Waals surface area contributed by atoms with Crippen molar-refractivity contribution in [1.82, 2.24) is 15.0 Å². The van der Waals surface area contributed by atoms with E-state index in [4.69, 9.17) is 0 Å². The number of para-hydroxylation sites is 2. The standard InChI is InChI=1S/C21H13F2N3O3/c22-13-5-11(6-14(23)8-13)19(28)18(20(29)12-7-15(27)10-24-9-12)21-25-16-3-1-2-4-17(16)26-21/h1-10,27,29H,(H,25,26)/b20-18-. The van der Waals surface area contributed by atoms with Gasteiger partial charge in [0.25, 0.3) is 0 Å². The Labute approximate surface area is 162 Å². The summed E-state index contributed by atoms with van der Waals surface area (Å²) in [6.07, 6.45) is 2.39. The summed E-state index contributed by atoms with van der Waals surface area (Å²) in [6.45, 7) is 0. The second-order valence-electron chi connectivity index (χ2n) is 6.25. The van der Waals surface area contributed by atoms with E-state index in [2.05, 4.69) is 15.0 Å². The molecule has 4 rings (SSSR count). The Morgan fingerprint density at radius 2 is 1.69 bits per heavy atom. The molecule has 0 aliphatic carbocycles. The highest BCUT2D eigenvalue weighted by Gasteiger charge is 2.25. The number of imidazole rings is 1. The minimum atomic E-state index is -0.934. The summed E-state index contributed by atoms with van der Waals surface area (Å²) in [7, 11) is 0. The number of pyridine rings is 1. The minimum absolute atomic E-state index is 0.00159. The number of ketones is 1. The number of aliphatic hydroxyl groups excluding tert-OH is 1. The van der Waals surface area contributed by atoms with Gasteiger partial charge >= 0.3 is 0 Å². The fourth-order valence-electron chi connectivity index (χ4n) is 2.93. The normalized spacial score (nSPS) is 12.1. The van der Waals surface area contributed by atoms with Gasteiger partial charge in [-0.25, -0.2) is 13.8 Å². The number of hydrogen-bond donors (Lipinski definition) is 3. The van der Waals surface area contributed by atoms with Crippen LogP contribution in [0.15, 0.2) is 60.9 Å². The van der Waals surface area contributed by atoms with Crippen LogP contribution < -0.4 is 0 Å². The zero-order chi connectivity index (χ0) is 20.5. The molecule has 0 fully saturated rings. The van der Waals surface area contributed by atoms with Gasteiger partial charge in [-0.2, -0.15) is 0 Å². The molecular weight excluding hydrogens is 380 g/mol. The van der Waals surface area contributed by atoms with Gasteiger partial charge in [-0.05, 0) is 30.3 Å². The molecule has 4 aromatic rings. The van der Waals surface area contributed by atoms with Crippen molar-refractivity contribution in [2.75, 3.05) is 0 Å². The first-order chi connectivity index (χ1) is 13.9. The summed E-state index contributed by atoms with van der Waals surface area (Å²) in [5, 5.41) is 20.5. The molecule has 3 N–H and O–H groups in total. The monoisotopic (exact) mass is 393 g/mol. The number of allylic oxidation sites excluding steroid dienone is 1. The topological polar surface area (TPSA) is 99.1 Å². The van der Waals surface area contributed by atoms with Crippen LogP contribution in [0.2, 0.25) is 0 Å². The van der Waals surface area contributed by atoms with Crippen LogP contribution >= 0.6 is 0 Å². The number of H-pyrrole nitrogens is 1. The van der Waals surface area contributed by atoms with Crippen molar-refractivity contribution in [2.45, 2.75) is 0 Å². The smallest absolute Gasteiger partial charge is 0.200 e. The molecule has 144 valence electrons. The quantitative estimate of drug-likeness (QED) is 0.273. The number of benzene rings is 2. The van der Waals surface area contributed by atoms with Crippen LogP contribution in [0.4, 0.5) is 8.78 Å². The highest BCUT2D eigenvalue weighted by Crippen LogP contribution is 2.29. The van der Waals surface area contributed by atoms with E-state index in [1.54, 1.807) is 24.3 Å². The second kappa shape index (κ2) is 7.16. The zero-order valence-electron chi connectivity index (χ0n) is 14.7. The van der Waals surface area contributed by atoms with E-state index in [0.29, 0.717) is 17.1 Å². The Kier molecular flexibility index (Phi) is 4.52.